The first-order valence-electron chi connectivity index (χ1n) is 14.3. The van der Waals surface area contributed by atoms with Crippen molar-refractivity contribution in [2.75, 3.05) is 19.8 Å². The fourth-order valence-corrected chi connectivity index (χ4v) is 5.78. The number of carboxylic acid groups (broad SMARTS) is 1. The first kappa shape index (κ1) is 28.8. The van der Waals surface area contributed by atoms with E-state index in [4.69, 9.17) is 14.2 Å². The molecule has 3 amide bonds. The van der Waals surface area contributed by atoms with Gasteiger partial charge in [0.25, 0.3) is 0 Å². The van der Waals surface area contributed by atoms with Gasteiger partial charge in [-0.25, -0.2) is 14.4 Å². The lowest BCUT2D eigenvalue weighted by Gasteiger charge is -2.34. The zero-order valence-electron chi connectivity index (χ0n) is 23.9. The molecule has 0 radical (unpaired) electrons. The van der Waals surface area contributed by atoms with Crippen LogP contribution in [-0.4, -0.2) is 76.9 Å². The number of aliphatic carboxylic acids is 1. The van der Waals surface area contributed by atoms with E-state index in [2.05, 4.69) is 11.4 Å². The Balaban J connectivity index is 1.38. The summed E-state index contributed by atoms with van der Waals surface area (Å²) in [6, 6.07) is 3.49. The Labute approximate surface area is 239 Å². The summed E-state index contributed by atoms with van der Waals surface area (Å²) in [6.07, 6.45) is 5.51. The van der Waals surface area contributed by atoms with Crippen LogP contribution in [0.2, 0.25) is 0 Å². The highest BCUT2D eigenvalue weighted by Crippen LogP contribution is 2.50. The molecule has 1 aromatic rings. The Hall–Kier alpha value is -3.76. The summed E-state index contributed by atoms with van der Waals surface area (Å²) in [6.45, 7) is 6.59. The number of carboxylic acids is 1. The minimum absolute atomic E-state index is 0.0435. The molecule has 11 nitrogen and oxygen atoms in total. The van der Waals surface area contributed by atoms with Crippen molar-refractivity contribution in [3.63, 3.8) is 0 Å². The van der Waals surface area contributed by atoms with Crippen LogP contribution in [0.3, 0.4) is 0 Å². The van der Waals surface area contributed by atoms with E-state index in [-0.39, 0.29) is 25.0 Å². The predicted molar refractivity (Wildman–Crippen MR) is 147 cm³/mol. The van der Waals surface area contributed by atoms with Gasteiger partial charge in [0.2, 0.25) is 5.91 Å². The Morgan fingerprint density at radius 3 is 2.56 bits per heavy atom. The van der Waals surface area contributed by atoms with Gasteiger partial charge in [0.15, 0.2) is 0 Å². The largest absolute Gasteiger partial charge is 0.489 e. The second kappa shape index (κ2) is 11.3. The number of alkyl carbamates (subject to hydrolysis) is 1. The number of allylic oxidation sites excluding steroid dienone is 1. The van der Waals surface area contributed by atoms with Crippen molar-refractivity contribution >= 4 is 24.1 Å². The van der Waals surface area contributed by atoms with Gasteiger partial charge in [-0.05, 0) is 42.7 Å². The van der Waals surface area contributed by atoms with Gasteiger partial charge >= 0.3 is 18.2 Å². The van der Waals surface area contributed by atoms with E-state index in [0.717, 1.165) is 36.8 Å². The Kier molecular flexibility index (Phi) is 7.89. The van der Waals surface area contributed by atoms with E-state index in [9.17, 15) is 24.3 Å². The number of carbonyl (C=O) groups excluding carboxylic acids is 3. The minimum atomic E-state index is -1.20. The van der Waals surface area contributed by atoms with Crippen molar-refractivity contribution in [1.29, 1.82) is 0 Å². The molecule has 2 fully saturated rings. The smallest absolute Gasteiger partial charge is 0.410 e. The van der Waals surface area contributed by atoms with Gasteiger partial charge in [0.1, 0.15) is 30.5 Å². The highest BCUT2D eigenvalue weighted by atomic mass is 16.6. The minimum Gasteiger partial charge on any atom is -0.489 e. The Bertz CT molecular complexity index is 1230. The zero-order valence-corrected chi connectivity index (χ0v) is 23.9. The van der Waals surface area contributed by atoms with Gasteiger partial charge in [-0.1, -0.05) is 45.1 Å². The molecule has 1 unspecified atom stereocenters. The highest BCUT2D eigenvalue weighted by Gasteiger charge is 2.47. The lowest BCUT2D eigenvalue weighted by Crippen LogP contribution is -2.57. The van der Waals surface area contributed by atoms with Crippen molar-refractivity contribution < 1.29 is 38.5 Å². The molecule has 1 spiro atoms. The third-order valence-electron chi connectivity index (χ3n) is 8.48. The third kappa shape index (κ3) is 6.44. The van der Waals surface area contributed by atoms with Crippen LogP contribution >= 0.6 is 0 Å². The van der Waals surface area contributed by atoms with E-state index >= 15 is 0 Å². The molecular formula is C30H39N3O8. The number of rotatable bonds is 1. The first-order valence-corrected chi connectivity index (χ1v) is 14.3. The molecule has 41 heavy (non-hydrogen) atoms. The molecule has 1 aromatic carbocycles. The van der Waals surface area contributed by atoms with E-state index in [0.29, 0.717) is 25.4 Å². The number of ether oxygens (including phenoxy) is 3. The highest BCUT2D eigenvalue weighted by molar-refractivity contribution is 5.90. The van der Waals surface area contributed by atoms with Crippen LogP contribution in [0.1, 0.15) is 64.0 Å². The van der Waals surface area contributed by atoms with Crippen LogP contribution in [0.5, 0.6) is 5.75 Å². The number of nitrogens with zero attached hydrogens (tertiary/aromatic N) is 2. The fraction of sp³-hybridized carbons (Fsp3) is 0.600. The van der Waals surface area contributed by atoms with Crippen LogP contribution in [0.4, 0.5) is 9.59 Å². The van der Waals surface area contributed by atoms with E-state index < -0.39 is 47.7 Å². The van der Waals surface area contributed by atoms with Gasteiger partial charge in [0, 0.05) is 23.9 Å². The summed E-state index contributed by atoms with van der Waals surface area (Å²) in [4.78, 5) is 54.6. The van der Waals surface area contributed by atoms with E-state index in [1.54, 1.807) is 25.7 Å². The molecule has 3 atom stereocenters. The molecule has 3 heterocycles. The maximum atomic E-state index is 13.7. The quantitative estimate of drug-likeness (QED) is 0.487. The summed E-state index contributed by atoms with van der Waals surface area (Å²) in [5, 5.41) is 12.6. The number of hydrogen-bond acceptors (Lipinski definition) is 7. The van der Waals surface area contributed by atoms with Gasteiger partial charge < -0.3 is 29.5 Å². The van der Waals surface area contributed by atoms with Crippen molar-refractivity contribution in [1.82, 2.24) is 15.1 Å². The third-order valence-corrected chi connectivity index (χ3v) is 8.48. The summed E-state index contributed by atoms with van der Waals surface area (Å²) in [5.74, 6) is -1.04. The average Bonchev–Trinajstić information content (AvgIpc) is 3.33. The molecule has 4 bridgehead atoms. The summed E-state index contributed by atoms with van der Waals surface area (Å²) in [7, 11) is 0. The SMILES string of the molecule is CC(C)(C)[C@@H]1NC(=O)OCC2(CC/C=C/COc3cccc4c3CN(C4)C(=O)O[C@@H]3CC(C(=O)O)N(C3)C1=O)CC2. The van der Waals surface area contributed by atoms with Crippen LogP contribution in [0.15, 0.2) is 30.4 Å². The lowest BCUT2D eigenvalue weighted by molar-refractivity contribution is -0.150. The number of cyclic esters (lactones) is 1. The van der Waals surface area contributed by atoms with Gasteiger partial charge in [-0.15, -0.1) is 0 Å². The lowest BCUT2D eigenvalue weighted by atomic mass is 9.85. The Morgan fingerprint density at radius 2 is 1.85 bits per heavy atom. The molecule has 222 valence electrons. The van der Waals surface area contributed by atoms with Crippen molar-refractivity contribution in [3.05, 3.63) is 41.5 Å². The van der Waals surface area contributed by atoms with E-state index in [1.807, 2.05) is 24.3 Å². The van der Waals surface area contributed by atoms with Crippen LogP contribution in [-0.2, 0) is 32.2 Å². The van der Waals surface area contributed by atoms with Crippen molar-refractivity contribution in [2.45, 2.75) is 84.2 Å². The average molecular weight is 570 g/mol. The number of benzene rings is 1. The molecule has 1 saturated heterocycles. The number of amides is 3. The topological polar surface area (TPSA) is 135 Å². The van der Waals surface area contributed by atoms with Gasteiger partial charge in [-0.2, -0.15) is 0 Å². The molecule has 5 rings (SSSR count). The predicted octanol–water partition coefficient (Wildman–Crippen LogP) is 3.84. The van der Waals surface area contributed by atoms with Crippen molar-refractivity contribution in [3.8, 4) is 5.75 Å². The van der Waals surface area contributed by atoms with Crippen LogP contribution < -0.4 is 10.1 Å². The summed E-state index contributed by atoms with van der Waals surface area (Å²) < 4.78 is 17.3. The van der Waals surface area contributed by atoms with Gasteiger partial charge in [0.05, 0.1) is 19.7 Å². The molecule has 3 aliphatic heterocycles. The Morgan fingerprint density at radius 1 is 1.07 bits per heavy atom. The second-order valence-electron chi connectivity index (χ2n) is 12.7. The summed E-state index contributed by atoms with van der Waals surface area (Å²) >= 11 is 0. The number of hydrogen-bond donors (Lipinski definition) is 2. The number of fused-ring (bicyclic) bond motifs is 3. The maximum Gasteiger partial charge on any atom is 0.410 e. The molecule has 4 aliphatic rings. The molecule has 2 N–H and O–H groups in total. The van der Waals surface area contributed by atoms with E-state index in [1.165, 1.54) is 4.90 Å². The second-order valence-corrected chi connectivity index (χ2v) is 12.7. The molecule has 1 aliphatic carbocycles. The monoisotopic (exact) mass is 569 g/mol. The van der Waals surface area contributed by atoms with Gasteiger partial charge in [-0.3, -0.25) is 9.69 Å². The molecule has 11 heteroatoms. The number of nitrogens with one attached hydrogen (secondary N) is 1. The zero-order chi connectivity index (χ0) is 29.4. The normalized spacial score (nSPS) is 27.6. The fourth-order valence-electron chi connectivity index (χ4n) is 5.78. The maximum absolute atomic E-state index is 13.7. The number of carbonyl (C=O) groups is 4. The van der Waals surface area contributed by atoms with Crippen LogP contribution in [0, 0.1) is 10.8 Å². The molecule has 0 aromatic heterocycles. The standard InChI is InChI=1S/C30H39N3O8/c1-29(2,3)24-25(34)33-16-20(14-22(33)26(35)36)41-28(38)32-15-19-8-7-9-23(21(19)17-32)39-13-6-4-5-10-30(11-12-30)18-40-27(37)31-24/h4,6-9,20,22,24H,5,10-18H2,1-3H3,(H,31,37)(H,35,36)/b6-4+/t20-,22?,24-/m1/s1. The van der Waals surface area contributed by atoms with Crippen LogP contribution in [0.25, 0.3) is 0 Å². The molecule has 1 saturated carbocycles. The van der Waals surface area contributed by atoms with Crippen molar-refractivity contribution in [2.24, 2.45) is 10.8 Å². The summed E-state index contributed by atoms with van der Waals surface area (Å²) in [5.41, 5.74) is 1.09. The molecular weight excluding hydrogens is 530 g/mol. The first-order chi connectivity index (χ1) is 19.5.